The molecule has 1 saturated carbocycles. The summed E-state index contributed by atoms with van der Waals surface area (Å²) < 4.78 is 2.19. The quantitative estimate of drug-likeness (QED) is 0.757. The second-order valence-electron chi connectivity index (χ2n) is 9.04. The van der Waals surface area contributed by atoms with E-state index in [2.05, 4.69) is 10.6 Å². The summed E-state index contributed by atoms with van der Waals surface area (Å²) in [6, 6.07) is 11.6. The van der Waals surface area contributed by atoms with Crippen LogP contribution < -0.4 is 0 Å². The third-order valence-corrected chi connectivity index (χ3v) is 6.05. The summed E-state index contributed by atoms with van der Waals surface area (Å²) in [4.78, 5) is 30.0. The fraction of sp³-hybridized carbons (Fsp3) is 0.478. The van der Waals surface area contributed by atoms with Crippen LogP contribution in [0.5, 0.6) is 0 Å². The minimum atomic E-state index is -0.392. The van der Waals surface area contributed by atoms with Gasteiger partial charge in [0.2, 0.25) is 11.8 Å². The third kappa shape index (κ3) is 4.06. The molecule has 0 saturated heterocycles. The predicted octanol–water partition coefficient (Wildman–Crippen LogP) is 4.11. The third-order valence-electron chi connectivity index (χ3n) is 5.82. The number of amides is 2. The molecule has 5 nitrogen and oxygen atoms in total. The lowest BCUT2D eigenvalue weighted by molar-refractivity contribution is -0.147. The lowest BCUT2D eigenvalue weighted by atomic mass is 9.99. The van der Waals surface area contributed by atoms with E-state index in [1.807, 2.05) is 62.2 Å². The predicted molar refractivity (Wildman–Crippen MR) is 114 cm³/mol. The van der Waals surface area contributed by atoms with Gasteiger partial charge in [-0.05, 0) is 63.4 Å². The van der Waals surface area contributed by atoms with Crippen LogP contribution in [-0.4, -0.2) is 44.8 Å². The molecule has 0 unspecified atom stereocenters. The molecule has 1 atom stereocenters. The van der Waals surface area contributed by atoms with Crippen LogP contribution in [0.15, 0.2) is 42.6 Å². The first-order valence-corrected chi connectivity index (χ1v) is 10.6. The fourth-order valence-electron chi connectivity index (χ4n) is 4.10. The van der Waals surface area contributed by atoms with Crippen molar-refractivity contribution >= 4 is 23.4 Å². The van der Waals surface area contributed by atoms with Crippen molar-refractivity contribution in [1.29, 1.82) is 0 Å². The van der Waals surface area contributed by atoms with Gasteiger partial charge in [0.25, 0.3) is 0 Å². The Hall–Kier alpha value is -2.27. The summed E-state index contributed by atoms with van der Waals surface area (Å²) in [5, 5.41) is 0.652. The molecule has 1 aliphatic carbocycles. The van der Waals surface area contributed by atoms with Crippen LogP contribution in [0.3, 0.4) is 0 Å². The number of nitrogens with zero attached hydrogens (tertiary/aromatic N) is 3. The highest BCUT2D eigenvalue weighted by molar-refractivity contribution is 6.30. The average molecular weight is 414 g/mol. The first-order chi connectivity index (χ1) is 13.8. The summed E-state index contributed by atoms with van der Waals surface area (Å²) in [6.45, 7) is 7.45. The Labute approximate surface area is 177 Å². The Morgan fingerprint density at radius 3 is 2.55 bits per heavy atom. The number of rotatable bonds is 4. The molecule has 6 heteroatoms. The molecule has 1 aromatic carbocycles. The number of benzene rings is 1. The number of aromatic nitrogens is 1. The van der Waals surface area contributed by atoms with E-state index in [-0.39, 0.29) is 30.3 Å². The van der Waals surface area contributed by atoms with Crippen molar-refractivity contribution < 1.29 is 9.59 Å². The molecule has 1 fully saturated rings. The highest BCUT2D eigenvalue weighted by atomic mass is 35.5. The maximum atomic E-state index is 13.5. The largest absolute Gasteiger partial charge is 0.348 e. The maximum absolute atomic E-state index is 13.5. The molecule has 1 aliphatic heterocycles. The monoisotopic (exact) mass is 413 g/mol. The van der Waals surface area contributed by atoms with E-state index in [0.29, 0.717) is 11.6 Å². The molecular weight excluding hydrogens is 386 g/mol. The van der Waals surface area contributed by atoms with Crippen LogP contribution in [0.4, 0.5) is 0 Å². The van der Waals surface area contributed by atoms with E-state index >= 15 is 0 Å². The molecule has 154 valence electrons. The van der Waals surface area contributed by atoms with Gasteiger partial charge in [0, 0.05) is 41.5 Å². The standard InChI is InChI=1S/C23H28ClN3O2/c1-23(2,3)27(22(29)16-9-10-16)15-20(28)26-13-12-25-11-5-8-19(25)21(26)17-6-4-7-18(24)14-17/h4-8,11,14,16,21H,9-10,12-13,15H2,1-3H3/t21-/m0/s1. The normalized spacial score (nSPS) is 19.0. The van der Waals surface area contributed by atoms with Crippen LogP contribution in [0.1, 0.15) is 50.9 Å². The Morgan fingerprint density at radius 2 is 1.90 bits per heavy atom. The molecule has 0 N–H and O–H groups in total. The van der Waals surface area contributed by atoms with Crippen molar-refractivity contribution in [3.8, 4) is 0 Å². The van der Waals surface area contributed by atoms with Crippen molar-refractivity contribution in [2.45, 2.75) is 51.7 Å². The molecule has 2 aromatic rings. The molecule has 2 heterocycles. The first-order valence-electron chi connectivity index (χ1n) is 10.3. The van der Waals surface area contributed by atoms with Gasteiger partial charge in [0.15, 0.2) is 0 Å². The number of fused-ring (bicyclic) bond motifs is 1. The highest BCUT2D eigenvalue weighted by Gasteiger charge is 2.40. The fourth-order valence-corrected chi connectivity index (χ4v) is 4.30. The van der Waals surface area contributed by atoms with Gasteiger partial charge >= 0.3 is 0 Å². The molecule has 0 radical (unpaired) electrons. The Balaban J connectivity index is 1.64. The van der Waals surface area contributed by atoms with E-state index in [4.69, 9.17) is 11.6 Å². The van der Waals surface area contributed by atoms with Gasteiger partial charge < -0.3 is 14.4 Å². The summed E-state index contributed by atoms with van der Waals surface area (Å²) in [7, 11) is 0. The van der Waals surface area contributed by atoms with Gasteiger partial charge in [-0.2, -0.15) is 0 Å². The molecule has 29 heavy (non-hydrogen) atoms. The van der Waals surface area contributed by atoms with Crippen LogP contribution in [-0.2, 0) is 16.1 Å². The van der Waals surface area contributed by atoms with Gasteiger partial charge in [-0.1, -0.05) is 23.7 Å². The highest BCUT2D eigenvalue weighted by Crippen LogP contribution is 2.36. The van der Waals surface area contributed by atoms with E-state index in [1.165, 1.54) is 0 Å². The summed E-state index contributed by atoms with van der Waals surface area (Å²) in [5.41, 5.74) is 1.67. The van der Waals surface area contributed by atoms with Gasteiger partial charge in [-0.15, -0.1) is 0 Å². The SMILES string of the molecule is CC(C)(C)N(CC(=O)N1CCn2cccc2[C@@H]1c1cccc(Cl)c1)C(=O)C1CC1. The maximum Gasteiger partial charge on any atom is 0.243 e. The molecule has 2 aliphatic rings. The van der Waals surface area contributed by atoms with Gasteiger partial charge in [0.1, 0.15) is 6.54 Å². The summed E-state index contributed by atoms with van der Waals surface area (Å²) in [6.07, 6.45) is 3.91. The zero-order valence-electron chi connectivity index (χ0n) is 17.3. The minimum Gasteiger partial charge on any atom is -0.348 e. The molecule has 4 rings (SSSR count). The molecule has 2 amide bonds. The van der Waals surface area contributed by atoms with E-state index in [9.17, 15) is 9.59 Å². The Bertz CT molecular complexity index is 926. The number of carbonyl (C=O) groups is 2. The van der Waals surface area contributed by atoms with Crippen LogP contribution >= 0.6 is 11.6 Å². The number of carbonyl (C=O) groups excluding carboxylic acids is 2. The van der Waals surface area contributed by atoms with Gasteiger partial charge in [-0.25, -0.2) is 0 Å². The molecule has 1 aromatic heterocycles. The molecule has 0 spiro atoms. The number of hydrogen-bond acceptors (Lipinski definition) is 2. The topological polar surface area (TPSA) is 45.6 Å². The van der Waals surface area contributed by atoms with Crippen molar-refractivity contribution in [2.24, 2.45) is 5.92 Å². The molecular formula is C23H28ClN3O2. The molecule has 0 bridgehead atoms. The Morgan fingerprint density at radius 1 is 1.14 bits per heavy atom. The Kier molecular flexibility index (Phi) is 5.19. The minimum absolute atomic E-state index is 0.0219. The zero-order valence-corrected chi connectivity index (χ0v) is 18.0. The second kappa shape index (κ2) is 7.52. The second-order valence-corrected chi connectivity index (χ2v) is 9.48. The van der Waals surface area contributed by atoms with Crippen molar-refractivity contribution in [1.82, 2.24) is 14.4 Å². The van der Waals surface area contributed by atoms with Crippen molar-refractivity contribution in [2.75, 3.05) is 13.1 Å². The lowest BCUT2D eigenvalue weighted by Crippen LogP contribution is -2.53. The van der Waals surface area contributed by atoms with Gasteiger partial charge in [-0.3, -0.25) is 9.59 Å². The average Bonchev–Trinajstić information content (AvgIpc) is 3.41. The van der Waals surface area contributed by atoms with Crippen LogP contribution in [0.2, 0.25) is 5.02 Å². The van der Waals surface area contributed by atoms with E-state index in [0.717, 1.165) is 30.6 Å². The zero-order chi connectivity index (χ0) is 20.8. The summed E-state index contributed by atoms with van der Waals surface area (Å²) >= 11 is 6.26. The lowest BCUT2D eigenvalue weighted by Gasteiger charge is -2.41. The first kappa shape index (κ1) is 20.0. The number of hydrogen-bond donors (Lipinski definition) is 0. The van der Waals surface area contributed by atoms with Crippen LogP contribution in [0, 0.1) is 5.92 Å². The van der Waals surface area contributed by atoms with Crippen molar-refractivity contribution in [3.63, 3.8) is 0 Å². The summed E-state index contributed by atoms with van der Waals surface area (Å²) in [5.74, 6) is 0.168. The number of halogens is 1. The van der Waals surface area contributed by atoms with Crippen molar-refractivity contribution in [3.05, 3.63) is 58.9 Å². The van der Waals surface area contributed by atoms with E-state index in [1.54, 1.807) is 4.90 Å². The van der Waals surface area contributed by atoms with Crippen LogP contribution in [0.25, 0.3) is 0 Å². The van der Waals surface area contributed by atoms with Gasteiger partial charge in [0.05, 0.1) is 6.04 Å². The smallest absolute Gasteiger partial charge is 0.243 e. The van der Waals surface area contributed by atoms with E-state index < -0.39 is 5.54 Å².